The van der Waals surface area contributed by atoms with E-state index in [0.29, 0.717) is 24.0 Å². The Morgan fingerprint density at radius 3 is 2.68 bits per heavy atom. The van der Waals surface area contributed by atoms with Crippen molar-refractivity contribution in [2.24, 2.45) is 5.92 Å². The quantitative estimate of drug-likeness (QED) is 0.601. The number of nitro benzene ring substituents is 1. The summed E-state index contributed by atoms with van der Waals surface area (Å²) in [5.74, 6) is -0.141. The molecule has 1 N–H and O–H groups in total. The highest BCUT2D eigenvalue weighted by Gasteiger charge is 2.35. The van der Waals surface area contributed by atoms with Crippen LogP contribution in [0.1, 0.15) is 38.7 Å². The van der Waals surface area contributed by atoms with Crippen molar-refractivity contribution in [1.29, 1.82) is 0 Å². The molecule has 0 spiro atoms. The molecule has 1 aliphatic rings. The molecule has 1 fully saturated rings. The Kier molecular flexibility index (Phi) is 6.05. The molecule has 0 aliphatic carbocycles. The van der Waals surface area contributed by atoms with Crippen LogP contribution in [0.2, 0.25) is 0 Å². The molecule has 138 valence electrons. The van der Waals surface area contributed by atoms with E-state index in [1.54, 1.807) is 11.0 Å². The van der Waals surface area contributed by atoms with Gasteiger partial charge in [-0.1, -0.05) is 22.0 Å². The first-order valence-electron chi connectivity index (χ1n) is 8.15. The number of halogens is 1. The van der Waals surface area contributed by atoms with Crippen LogP contribution in [0.15, 0.2) is 22.7 Å². The average molecular weight is 415 g/mol. The van der Waals surface area contributed by atoms with E-state index in [9.17, 15) is 20.0 Å². The van der Waals surface area contributed by atoms with Crippen molar-refractivity contribution in [3.05, 3.63) is 38.3 Å². The van der Waals surface area contributed by atoms with Crippen molar-refractivity contribution in [2.45, 2.75) is 38.7 Å². The first-order valence-corrected chi connectivity index (χ1v) is 8.94. The molecule has 2 rings (SSSR count). The second-order valence-corrected chi connectivity index (χ2v) is 8.08. The lowest BCUT2D eigenvalue weighted by Crippen LogP contribution is -2.46. The number of likely N-dealkylation sites (tertiary alicyclic amines) is 1. The number of aliphatic hydroxyl groups excluding tert-OH is 1. The summed E-state index contributed by atoms with van der Waals surface area (Å²) < 4.78 is 6.05. The van der Waals surface area contributed by atoms with E-state index in [0.717, 1.165) is 5.56 Å². The number of non-ortho nitro benzene ring substituents is 1. The van der Waals surface area contributed by atoms with Crippen LogP contribution in [0.3, 0.4) is 0 Å². The van der Waals surface area contributed by atoms with E-state index in [4.69, 9.17) is 4.74 Å². The maximum Gasteiger partial charge on any atom is 0.410 e. The topological polar surface area (TPSA) is 92.9 Å². The van der Waals surface area contributed by atoms with Crippen LogP contribution >= 0.6 is 15.9 Å². The maximum absolute atomic E-state index is 12.2. The number of aliphatic hydroxyl groups is 1. The van der Waals surface area contributed by atoms with Crippen LogP contribution in [0.5, 0.6) is 0 Å². The molecule has 0 saturated carbocycles. The number of ether oxygens (including phenoxy) is 1. The van der Waals surface area contributed by atoms with Gasteiger partial charge in [0.05, 0.1) is 4.92 Å². The largest absolute Gasteiger partial charge is 0.444 e. The van der Waals surface area contributed by atoms with E-state index < -0.39 is 10.5 Å². The summed E-state index contributed by atoms with van der Waals surface area (Å²) in [5, 5.41) is 20.7. The molecule has 1 unspecified atom stereocenters. The molecular weight excluding hydrogens is 392 g/mol. The van der Waals surface area contributed by atoms with Crippen LogP contribution in [0.25, 0.3) is 0 Å². The van der Waals surface area contributed by atoms with Crippen molar-refractivity contribution in [3.8, 4) is 0 Å². The van der Waals surface area contributed by atoms with E-state index >= 15 is 0 Å². The number of hydrogen-bond donors (Lipinski definition) is 1. The fraction of sp³-hybridized carbons (Fsp3) is 0.588. The Balaban J connectivity index is 2.15. The Labute approximate surface area is 155 Å². The zero-order valence-corrected chi connectivity index (χ0v) is 16.2. The summed E-state index contributed by atoms with van der Waals surface area (Å²) in [6, 6.07) is 4.66. The normalized spacial score (nSPS) is 21.1. The smallest absolute Gasteiger partial charge is 0.410 e. The molecule has 1 aromatic carbocycles. The second-order valence-electron chi connectivity index (χ2n) is 7.23. The van der Waals surface area contributed by atoms with Gasteiger partial charge in [-0.3, -0.25) is 10.1 Å². The zero-order valence-electron chi connectivity index (χ0n) is 14.6. The molecule has 8 heteroatoms. The van der Waals surface area contributed by atoms with Gasteiger partial charge in [0, 0.05) is 42.2 Å². The fourth-order valence-electron chi connectivity index (χ4n) is 3.05. The molecule has 1 aliphatic heterocycles. The van der Waals surface area contributed by atoms with Crippen LogP contribution in [-0.4, -0.2) is 46.3 Å². The Hall–Kier alpha value is -1.67. The summed E-state index contributed by atoms with van der Waals surface area (Å²) in [7, 11) is 0. The lowest BCUT2D eigenvalue weighted by atomic mass is 9.81. The van der Waals surface area contributed by atoms with Gasteiger partial charge in [-0.25, -0.2) is 4.79 Å². The third-order valence-corrected chi connectivity index (χ3v) is 4.90. The number of nitro groups is 1. The lowest BCUT2D eigenvalue weighted by molar-refractivity contribution is -0.384. The van der Waals surface area contributed by atoms with Crippen molar-refractivity contribution >= 4 is 27.7 Å². The molecule has 0 bridgehead atoms. The van der Waals surface area contributed by atoms with Crippen molar-refractivity contribution < 1.29 is 19.6 Å². The molecule has 2 atom stereocenters. The molecule has 0 radical (unpaired) electrons. The standard InChI is InChI=1S/C17H23BrN2O5/c1-17(2,3)25-16(22)19-7-6-13(11(9-19)10-21)14-5-4-12(20(23)24)8-15(14)18/h4-5,8,11,13,21H,6-7,9-10H2,1-3H3/t11-,13?/m1/s1. The van der Waals surface area contributed by atoms with Crippen LogP contribution in [0, 0.1) is 16.0 Å². The first-order chi connectivity index (χ1) is 11.6. The van der Waals surface area contributed by atoms with Gasteiger partial charge < -0.3 is 14.7 Å². The van der Waals surface area contributed by atoms with Gasteiger partial charge in [0.25, 0.3) is 5.69 Å². The predicted octanol–water partition coefficient (Wildman–Crippen LogP) is 3.69. The summed E-state index contributed by atoms with van der Waals surface area (Å²) in [6.07, 6.45) is 0.271. The highest BCUT2D eigenvalue weighted by Crippen LogP contribution is 2.38. The highest BCUT2D eigenvalue weighted by molar-refractivity contribution is 9.10. The molecule has 1 aromatic rings. The second kappa shape index (κ2) is 7.70. The van der Waals surface area contributed by atoms with Crippen molar-refractivity contribution in [1.82, 2.24) is 4.90 Å². The van der Waals surface area contributed by atoms with E-state index in [1.807, 2.05) is 20.8 Å². The monoisotopic (exact) mass is 414 g/mol. The number of amides is 1. The zero-order chi connectivity index (χ0) is 18.8. The van der Waals surface area contributed by atoms with Gasteiger partial charge in [-0.2, -0.15) is 0 Å². The van der Waals surface area contributed by atoms with Gasteiger partial charge in [0.1, 0.15) is 5.60 Å². The summed E-state index contributed by atoms with van der Waals surface area (Å²) in [4.78, 5) is 24.3. The van der Waals surface area contributed by atoms with Crippen molar-refractivity contribution in [2.75, 3.05) is 19.7 Å². The average Bonchev–Trinajstić information content (AvgIpc) is 2.52. The van der Waals surface area contributed by atoms with E-state index in [1.165, 1.54) is 12.1 Å². The maximum atomic E-state index is 12.2. The fourth-order valence-corrected chi connectivity index (χ4v) is 3.71. The van der Waals surface area contributed by atoms with Crippen molar-refractivity contribution in [3.63, 3.8) is 0 Å². The third kappa shape index (κ3) is 4.92. The van der Waals surface area contributed by atoms with E-state index in [2.05, 4.69) is 15.9 Å². The number of hydrogen-bond acceptors (Lipinski definition) is 5. The molecule has 1 saturated heterocycles. The number of nitrogens with zero attached hydrogens (tertiary/aromatic N) is 2. The summed E-state index contributed by atoms with van der Waals surface area (Å²) >= 11 is 3.40. The van der Waals surface area contributed by atoms with Gasteiger partial charge in [-0.05, 0) is 38.7 Å². The molecular formula is C17H23BrN2O5. The number of carbonyl (C=O) groups excluding carboxylic acids is 1. The minimum atomic E-state index is -0.565. The molecule has 1 amide bonds. The summed E-state index contributed by atoms with van der Waals surface area (Å²) in [5.41, 5.74) is 0.361. The first kappa shape index (κ1) is 19.7. The molecule has 7 nitrogen and oxygen atoms in total. The SMILES string of the molecule is CC(C)(C)OC(=O)N1CCC(c2ccc([N+](=O)[O-])cc2Br)[C@@H](CO)C1. The summed E-state index contributed by atoms with van der Waals surface area (Å²) in [6.45, 7) is 6.27. The third-order valence-electron chi connectivity index (χ3n) is 4.21. The number of benzene rings is 1. The number of rotatable bonds is 3. The lowest BCUT2D eigenvalue weighted by Gasteiger charge is -2.38. The van der Waals surface area contributed by atoms with Crippen LogP contribution < -0.4 is 0 Å². The minimum Gasteiger partial charge on any atom is -0.444 e. The highest BCUT2D eigenvalue weighted by atomic mass is 79.9. The van der Waals surface area contributed by atoms with Crippen LogP contribution in [-0.2, 0) is 4.74 Å². The molecule has 25 heavy (non-hydrogen) atoms. The Morgan fingerprint density at radius 1 is 1.48 bits per heavy atom. The molecule has 0 aromatic heterocycles. The van der Waals surface area contributed by atoms with Gasteiger partial charge >= 0.3 is 6.09 Å². The van der Waals surface area contributed by atoms with Gasteiger partial charge in [0.15, 0.2) is 0 Å². The minimum absolute atomic E-state index is 0.0128. The number of carbonyl (C=O) groups is 1. The predicted molar refractivity (Wildman–Crippen MR) is 96.5 cm³/mol. The van der Waals surface area contributed by atoms with Crippen LogP contribution in [0.4, 0.5) is 10.5 Å². The molecule has 1 heterocycles. The van der Waals surface area contributed by atoms with E-state index in [-0.39, 0.29) is 30.2 Å². The Morgan fingerprint density at radius 2 is 2.16 bits per heavy atom. The van der Waals surface area contributed by atoms with Gasteiger partial charge in [-0.15, -0.1) is 0 Å². The van der Waals surface area contributed by atoms with Gasteiger partial charge in [0.2, 0.25) is 0 Å². The number of piperidine rings is 1. The Bertz CT molecular complexity index is 659.